The predicted octanol–water partition coefficient (Wildman–Crippen LogP) is -0.689. The van der Waals surface area contributed by atoms with Crippen molar-refractivity contribution < 1.29 is 18.3 Å². The number of rotatable bonds is 3. The van der Waals surface area contributed by atoms with Crippen molar-refractivity contribution in [2.45, 2.75) is 24.6 Å². The van der Waals surface area contributed by atoms with E-state index in [-0.39, 0.29) is 23.2 Å². The molecule has 1 aromatic heterocycles. The van der Waals surface area contributed by atoms with E-state index >= 15 is 0 Å². The van der Waals surface area contributed by atoms with Gasteiger partial charge in [0, 0.05) is 18.2 Å². The summed E-state index contributed by atoms with van der Waals surface area (Å²) in [6.45, 7) is 2.50. The van der Waals surface area contributed by atoms with Crippen LogP contribution in [-0.2, 0) is 21.4 Å². The molecule has 7 nitrogen and oxygen atoms in total. The first-order valence-corrected chi connectivity index (χ1v) is 6.74. The van der Waals surface area contributed by atoms with Crippen LogP contribution in [0.5, 0.6) is 0 Å². The molecule has 1 aromatic rings. The zero-order valence-electron chi connectivity index (χ0n) is 9.46. The van der Waals surface area contributed by atoms with Crippen LogP contribution in [0.15, 0.2) is 11.2 Å². The highest BCUT2D eigenvalue weighted by Crippen LogP contribution is 2.21. The Balaban J connectivity index is 2.35. The number of H-pyrrole nitrogens is 1. The quantitative estimate of drug-likeness (QED) is 0.751. The van der Waals surface area contributed by atoms with Crippen molar-refractivity contribution >= 4 is 10.0 Å². The van der Waals surface area contributed by atoms with Crippen LogP contribution in [0.4, 0.5) is 0 Å². The molecule has 1 aliphatic heterocycles. The maximum Gasteiger partial charge on any atom is 0.260 e. The molecule has 8 heteroatoms. The molecule has 0 bridgehead atoms. The molecule has 1 fully saturated rings. The lowest BCUT2D eigenvalue weighted by Crippen LogP contribution is -2.47. The van der Waals surface area contributed by atoms with Crippen molar-refractivity contribution in [3.05, 3.63) is 11.8 Å². The number of morpholine rings is 1. The lowest BCUT2D eigenvalue weighted by atomic mass is 10.3. The standard InChI is InChI=1S/C9H15N3O4S/c1-7-6-16-3-2-12(7)17(14,15)9-8(5-13)4-10-11-9/h4,7,13H,2-3,5-6H2,1H3,(H,10,11). The van der Waals surface area contributed by atoms with Crippen molar-refractivity contribution in [1.82, 2.24) is 14.5 Å². The second kappa shape index (κ2) is 4.73. The number of nitrogens with zero attached hydrogens (tertiary/aromatic N) is 2. The van der Waals surface area contributed by atoms with Gasteiger partial charge in [-0.2, -0.15) is 9.40 Å². The highest BCUT2D eigenvalue weighted by atomic mass is 32.2. The SMILES string of the molecule is CC1COCCN1S(=O)(=O)c1[nH]ncc1CO. The number of aliphatic hydroxyl groups excluding tert-OH is 1. The van der Waals surface area contributed by atoms with Crippen molar-refractivity contribution in [1.29, 1.82) is 0 Å². The molecule has 1 aliphatic rings. The van der Waals surface area contributed by atoms with Crippen molar-refractivity contribution in [2.75, 3.05) is 19.8 Å². The minimum atomic E-state index is -3.64. The van der Waals surface area contributed by atoms with Crippen LogP contribution >= 0.6 is 0 Å². The molecule has 0 aromatic carbocycles. The first-order chi connectivity index (χ1) is 8.07. The highest BCUT2D eigenvalue weighted by Gasteiger charge is 2.34. The molecule has 1 saturated heterocycles. The summed E-state index contributed by atoms with van der Waals surface area (Å²) in [5.74, 6) is 0. The summed E-state index contributed by atoms with van der Waals surface area (Å²) in [4.78, 5) is 0. The molecule has 17 heavy (non-hydrogen) atoms. The summed E-state index contributed by atoms with van der Waals surface area (Å²) in [5, 5.41) is 15.1. The number of aromatic amines is 1. The van der Waals surface area contributed by atoms with Gasteiger partial charge in [-0.3, -0.25) is 5.10 Å². The molecule has 1 atom stereocenters. The van der Waals surface area contributed by atoms with E-state index in [0.29, 0.717) is 19.8 Å². The molecule has 96 valence electrons. The summed E-state index contributed by atoms with van der Waals surface area (Å²) in [6, 6.07) is -0.219. The van der Waals surface area contributed by atoms with Gasteiger partial charge in [0.25, 0.3) is 10.0 Å². The van der Waals surface area contributed by atoms with E-state index < -0.39 is 10.0 Å². The summed E-state index contributed by atoms with van der Waals surface area (Å²) < 4.78 is 31.2. The van der Waals surface area contributed by atoms with Crippen molar-refractivity contribution in [3.63, 3.8) is 0 Å². The number of aromatic nitrogens is 2. The van der Waals surface area contributed by atoms with Gasteiger partial charge < -0.3 is 9.84 Å². The van der Waals surface area contributed by atoms with Crippen LogP contribution in [0.25, 0.3) is 0 Å². The molecular weight excluding hydrogens is 246 g/mol. The summed E-state index contributed by atoms with van der Waals surface area (Å²) >= 11 is 0. The predicted molar refractivity (Wildman–Crippen MR) is 58.7 cm³/mol. The normalized spacial score (nSPS) is 22.8. The monoisotopic (exact) mass is 261 g/mol. The second-order valence-corrected chi connectivity index (χ2v) is 5.75. The van der Waals surface area contributed by atoms with E-state index in [1.54, 1.807) is 6.92 Å². The van der Waals surface area contributed by atoms with E-state index in [9.17, 15) is 8.42 Å². The summed E-state index contributed by atoms with van der Waals surface area (Å²) in [7, 11) is -3.64. The largest absolute Gasteiger partial charge is 0.392 e. The van der Waals surface area contributed by atoms with Gasteiger partial charge in [-0.25, -0.2) is 8.42 Å². The van der Waals surface area contributed by atoms with Crippen LogP contribution in [0, 0.1) is 0 Å². The Morgan fingerprint density at radius 2 is 2.47 bits per heavy atom. The average molecular weight is 261 g/mol. The minimum Gasteiger partial charge on any atom is -0.392 e. The van der Waals surface area contributed by atoms with Crippen molar-refractivity contribution in [2.24, 2.45) is 0 Å². The van der Waals surface area contributed by atoms with E-state index in [2.05, 4.69) is 10.2 Å². The van der Waals surface area contributed by atoms with E-state index in [0.717, 1.165) is 0 Å². The van der Waals surface area contributed by atoms with E-state index in [1.807, 2.05) is 0 Å². The third kappa shape index (κ3) is 2.21. The Labute approximate surface area is 99.4 Å². The Bertz CT molecular complexity index is 484. The topological polar surface area (TPSA) is 95.5 Å². The number of nitrogens with one attached hydrogen (secondary N) is 1. The fourth-order valence-corrected chi connectivity index (χ4v) is 3.52. The number of aliphatic hydroxyl groups is 1. The first-order valence-electron chi connectivity index (χ1n) is 5.30. The van der Waals surface area contributed by atoms with Gasteiger partial charge in [0.15, 0.2) is 5.03 Å². The van der Waals surface area contributed by atoms with E-state index in [1.165, 1.54) is 10.5 Å². The smallest absolute Gasteiger partial charge is 0.260 e. The Morgan fingerprint density at radius 3 is 3.12 bits per heavy atom. The maximum absolute atomic E-state index is 12.3. The zero-order chi connectivity index (χ0) is 12.5. The summed E-state index contributed by atoms with van der Waals surface area (Å²) in [5.41, 5.74) is 0.281. The van der Waals surface area contributed by atoms with Gasteiger partial charge in [-0.05, 0) is 6.92 Å². The van der Waals surface area contributed by atoms with Gasteiger partial charge in [-0.15, -0.1) is 0 Å². The number of sulfonamides is 1. The number of hydrogen-bond donors (Lipinski definition) is 2. The molecule has 0 amide bonds. The molecule has 0 radical (unpaired) electrons. The molecule has 1 unspecified atom stereocenters. The van der Waals surface area contributed by atoms with Gasteiger partial charge in [0.1, 0.15) is 0 Å². The number of hydrogen-bond acceptors (Lipinski definition) is 5. The molecule has 0 spiro atoms. The lowest BCUT2D eigenvalue weighted by Gasteiger charge is -2.31. The summed E-state index contributed by atoms with van der Waals surface area (Å²) in [6.07, 6.45) is 1.32. The van der Waals surface area contributed by atoms with Gasteiger partial charge in [-0.1, -0.05) is 0 Å². The van der Waals surface area contributed by atoms with E-state index in [4.69, 9.17) is 9.84 Å². The van der Waals surface area contributed by atoms with Gasteiger partial charge in [0.2, 0.25) is 0 Å². The Hall–Kier alpha value is -0.960. The average Bonchev–Trinajstić information content (AvgIpc) is 2.78. The zero-order valence-corrected chi connectivity index (χ0v) is 10.3. The third-order valence-electron chi connectivity index (χ3n) is 2.72. The molecular formula is C9H15N3O4S. The highest BCUT2D eigenvalue weighted by molar-refractivity contribution is 7.89. The van der Waals surface area contributed by atoms with Crippen LogP contribution in [-0.4, -0.2) is 53.8 Å². The second-order valence-electron chi connectivity index (χ2n) is 3.92. The molecule has 0 saturated carbocycles. The Morgan fingerprint density at radius 1 is 1.71 bits per heavy atom. The third-order valence-corrected chi connectivity index (χ3v) is 4.75. The molecule has 2 rings (SSSR count). The molecule has 2 heterocycles. The lowest BCUT2D eigenvalue weighted by molar-refractivity contribution is 0.0391. The fraction of sp³-hybridized carbons (Fsp3) is 0.667. The van der Waals surface area contributed by atoms with Crippen LogP contribution < -0.4 is 0 Å². The number of ether oxygens (including phenoxy) is 1. The fourth-order valence-electron chi connectivity index (χ4n) is 1.82. The van der Waals surface area contributed by atoms with Crippen molar-refractivity contribution in [3.8, 4) is 0 Å². The van der Waals surface area contributed by atoms with Crippen LogP contribution in [0.1, 0.15) is 12.5 Å². The van der Waals surface area contributed by atoms with Gasteiger partial charge in [0.05, 0.1) is 26.0 Å². The minimum absolute atomic E-state index is 0.0336. The van der Waals surface area contributed by atoms with Crippen LogP contribution in [0.3, 0.4) is 0 Å². The molecule has 0 aliphatic carbocycles. The van der Waals surface area contributed by atoms with Gasteiger partial charge >= 0.3 is 0 Å². The molecule has 2 N–H and O–H groups in total. The Kier molecular flexibility index (Phi) is 3.48. The maximum atomic E-state index is 12.3. The van der Waals surface area contributed by atoms with Crippen LogP contribution in [0.2, 0.25) is 0 Å². The first kappa shape index (κ1) is 12.5.